The Balaban J connectivity index is 1.35. The quantitative estimate of drug-likeness (QED) is 0.841. The van der Waals surface area contributed by atoms with Crippen LogP contribution >= 0.6 is 0 Å². The van der Waals surface area contributed by atoms with E-state index in [1.807, 2.05) is 18.5 Å². The van der Waals surface area contributed by atoms with Gasteiger partial charge in [-0.15, -0.1) is 10.2 Å². The molecule has 1 aliphatic heterocycles. The van der Waals surface area contributed by atoms with E-state index < -0.39 is 0 Å². The van der Waals surface area contributed by atoms with Crippen molar-refractivity contribution in [2.75, 3.05) is 13.1 Å². The van der Waals surface area contributed by atoms with Crippen molar-refractivity contribution in [2.45, 2.75) is 58.5 Å². The normalized spacial score (nSPS) is 22.6. The van der Waals surface area contributed by atoms with Crippen molar-refractivity contribution in [2.24, 2.45) is 5.92 Å². The second-order valence-corrected chi connectivity index (χ2v) is 6.94. The molecule has 1 atom stereocenters. The minimum atomic E-state index is 0.531. The molecule has 1 unspecified atom stereocenters. The second kappa shape index (κ2) is 6.03. The molecule has 0 spiro atoms. The van der Waals surface area contributed by atoms with Gasteiger partial charge in [-0.1, -0.05) is 0 Å². The Kier molecular flexibility index (Phi) is 3.88. The van der Waals surface area contributed by atoms with Gasteiger partial charge in [0.1, 0.15) is 11.6 Å². The summed E-state index contributed by atoms with van der Waals surface area (Å²) in [5, 5.41) is 12.9. The molecule has 0 bridgehead atoms. The SMILES string of the molecule is Cc1nc(C)n(CC2CCCN(Cc3nnc(C4CC4)o3)C2)n1. The van der Waals surface area contributed by atoms with Gasteiger partial charge in [0, 0.05) is 19.0 Å². The van der Waals surface area contributed by atoms with E-state index in [9.17, 15) is 0 Å². The Hall–Kier alpha value is -1.76. The van der Waals surface area contributed by atoms with Gasteiger partial charge in [-0.05, 0) is 52.0 Å². The third kappa shape index (κ3) is 3.44. The summed E-state index contributed by atoms with van der Waals surface area (Å²) in [6.07, 6.45) is 4.85. The molecule has 0 aromatic carbocycles. The lowest BCUT2D eigenvalue weighted by Crippen LogP contribution is -2.37. The minimum Gasteiger partial charge on any atom is -0.424 e. The maximum atomic E-state index is 5.79. The van der Waals surface area contributed by atoms with Crippen molar-refractivity contribution in [3.8, 4) is 0 Å². The zero-order valence-corrected chi connectivity index (χ0v) is 13.9. The fourth-order valence-electron chi connectivity index (χ4n) is 3.44. The van der Waals surface area contributed by atoms with E-state index in [1.54, 1.807) is 0 Å². The summed E-state index contributed by atoms with van der Waals surface area (Å²) < 4.78 is 7.84. The molecule has 7 nitrogen and oxygen atoms in total. The van der Waals surface area contributed by atoms with Crippen molar-refractivity contribution < 1.29 is 4.42 Å². The average molecular weight is 316 g/mol. The van der Waals surface area contributed by atoms with E-state index >= 15 is 0 Å². The number of rotatable bonds is 5. The number of likely N-dealkylation sites (tertiary alicyclic amines) is 1. The van der Waals surface area contributed by atoms with Gasteiger partial charge >= 0.3 is 0 Å². The van der Waals surface area contributed by atoms with Gasteiger partial charge in [-0.2, -0.15) is 5.10 Å². The largest absolute Gasteiger partial charge is 0.424 e. The summed E-state index contributed by atoms with van der Waals surface area (Å²) in [4.78, 5) is 6.82. The minimum absolute atomic E-state index is 0.531. The number of aryl methyl sites for hydroxylation is 2. The Morgan fingerprint density at radius 1 is 1.17 bits per heavy atom. The lowest BCUT2D eigenvalue weighted by atomic mass is 9.98. The predicted molar refractivity (Wildman–Crippen MR) is 83.8 cm³/mol. The molecule has 2 aromatic heterocycles. The van der Waals surface area contributed by atoms with Crippen molar-refractivity contribution in [1.29, 1.82) is 0 Å². The highest BCUT2D eigenvalue weighted by atomic mass is 16.4. The molecule has 124 valence electrons. The van der Waals surface area contributed by atoms with E-state index in [2.05, 4.69) is 25.2 Å². The molecule has 4 rings (SSSR count). The third-order valence-corrected chi connectivity index (χ3v) is 4.76. The highest BCUT2D eigenvalue weighted by Gasteiger charge is 2.30. The van der Waals surface area contributed by atoms with Crippen LogP contribution in [0, 0.1) is 19.8 Å². The zero-order valence-electron chi connectivity index (χ0n) is 13.9. The first-order chi connectivity index (χ1) is 11.2. The van der Waals surface area contributed by atoms with Crippen molar-refractivity contribution >= 4 is 0 Å². The average Bonchev–Trinajstić information content (AvgIpc) is 3.19. The molecule has 1 aliphatic carbocycles. The molecule has 0 N–H and O–H groups in total. The zero-order chi connectivity index (χ0) is 15.8. The van der Waals surface area contributed by atoms with Crippen LogP contribution in [0.5, 0.6) is 0 Å². The molecule has 7 heteroatoms. The van der Waals surface area contributed by atoms with Crippen molar-refractivity contribution in [3.63, 3.8) is 0 Å². The van der Waals surface area contributed by atoms with Gasteiger partial charge in [0.15, 0.2) is 0 Å². The first-order valence-corrected chi connectivity index (χ1v) is 8.60. The smallest absolute Gasteiger partial charge is 0.230 e. The van der Waals surface area contributed by atoms with Crippen LogP contribution in [-0.4, -0.2) is 43.0 Å². The van der Waals surface area contributed by atoms with Crippen LogP contribution in [0.4, 0.5) is 0 Å². The maximum absolute atomic E-state index is 5.79. The van der Waals surface area contributed by atoms with E-state index in [0.717, 1.165) is 49.6 Å². The van der Waals surface area contributed by atoms with Crippen molar-refractivity contribution in [1.82, 2.24) is 29.9 Å². The van der Waals surface area contributed by atoms with Crippen LogP contribution in [0.15, 0.2) is 4.42 Å². The lowest BCUT2D eigenvalue weighted by Gasteiger charge is -2.31. The standard InChI is InChI=1S/C16H24N6O/c1-11-17-12(2)22(20-11)9-13-4-3-7-21(8-13)10-15-18-19-16(23-15)14-5-6-14/h13-14H,3-10H2,1-2H3. The summed E-state index contributed by atoms with van der Waals surface area (Å²) in [5.41, 5.74) is 0. The van der Waals surface area contributed by atoms with Crippen LogP contribution in [-0.2, 0) is 13.1 Å². The van der Waals surface area contributed by atoms with Gasteiger partial charge in [-0.3, -0.25) is 4.90 Å². The van der Waals surface area contributed by atoms with E-state index in [-0.39, 0.29) is 0 Å². The van der Waals surface area contributed by atoms with Gasteiger partial charge in [-0.25, -0.2) is 9.67 Å². The predicted octanol–water partition coefficient (Wildman–Crippen LogP) is 2.07. The fourth-order valence-corrected chi connectivity index (χ4v) is 3.44. The van der Waals surface area contributed by atoms with Crippen LogP contribution < -0.4 is 0 Å². The summed E-state index contributed by atoms with van der Waals surface area (Å²) in [6.45, 7) is 7.85. The van der Waals surface area contributed by atoms with Crippen LogP contribution in [0.25, 0.3) is 0 Å². The maximum Gasteiger partial charge on any atom is 0.230 e. The van der Waals surface area contributed by atoms with Gasteiger partial charge in [0.05, 0.1) is 6.54 Å². The topological polar surface area (TPSA) is 72.9 Å². The summed E-state index contributed by atoms with van der Waals surface area (Å²) in [5.74, 6) is 4.60. The molecule has 3 heterocycles. The molecule has 1 saturated heterocycles. The first kappa shape index (κ1) is 14.8. The van der Waals surface area contributed by atoms with Crippen LogP contribution in [0.1, 0.15) is 55.0 Å². The highest BCUT2D eigenvalue weighted by molar-refractivity contribution is 5.00. The molecule has 2 fully saturated rings. The number of nitrogens with zero attached hydrogens (tertiary/aromatic N) is 6. The van der Waals surface area contributed by atoms with Gasteiger partial charge in [0.25, 0.3) is 0 Å². The lowest BCUT2D eigenvalue weighted by molar-refractivity contribution is 0.141. The highest BCUT2D eigenvalue weighted by Crippen LogP contribution is 2.39. The summed E-state index contributed by atoms with van der Waals surface area (Å²) in [7, 11) is 0. The first-order valence-electron chi connectivity index (χ1n) is 8.60. The molecule has 0 amide bonds. The number of hydrogen-bond acceptors (Lipinski definition) is 6. The molecule has 2 aromatic rings. The fraction of sp³-hybridized carbons (Fsp3) is 0.750. The van der Waals surface area contributed by atoms with Gasteiger partial charge < -0.3 is 4.42 Å². The molecular formula is C16H24N6O. The second-order valence-electron chi connectivity index (χ2n) is 6.94. The van der Waals surface area contributed by atoms with E-state index in [1.165, 1.54) is 25.7 Å². The van der Waals surface area contributed by atoms with Crippen LogP contribution in [0.3, 0.4) is 0 Å². The summed E-state index contributed by atoms with van der Waals surface area (Å²) >= 11 is 0. The number of hydrogen-bond donors (Lipinski definition) is 0. The molecule has 0 radical (unpaired) electrons. The Morgan fingerprint density at radius 3 is 2.78 bits per heavy atom. The molecule has 2 aliphatic rings. The number of aromatic nitrogens is 5. The Morgan fingerprint density at radius 2 is 2.04 bits per heavy atom. The van der Waals surface area contributed by atoms with E-state index in [0.29, 0.717) is 11.8 Å². The Labute approximate surface area is 136 Å². The monoisotopic (exact) mass is 316 g/mol. The number of piperidine rings is 1. The molecular weight excluding hydrogens is 292 g/mol. The molecule has 23 heavy (non-hydrogen) atoms. The van der Waals surface area contributed by atoms with Crippen LogP contribution in [0.2, 0.25) is 0 Å². The van der Waals surface area contributed by atoms with Crippen molar-refractivity contribution in [3.05, 3.63) is 23.4 Å². The van der Waals surface area contributed by atoms with Gasteiger partial charge in [0.2, 0.25) is 11.8 Å². The Bertz CT molecular complexity index is 674. The summed E-state index contributed by atoms with van der Waals surface area (Å²) in [6, 6.07) is 0. The third-order valence-electron chi connectivity index (χ3n) is 4.76. The molecule has 1 saturated carbocycles. The van der Waals surface area contributed by atoms with E-state index in [4.69, 9.17) is 4.42 Å².